The van der Waals surface area contributed by atoms with Crippen molar-refractivity contribution in [1.82, 2.24) is 5.32 Å². The van der Waals surface area contributed by atoms with Gasteiger partial charge in [0.2, 0.25) is 5.91 Å². The number of halogens is 1. The minimum absolute atomic E-state index is 0.210. The Morgan fingerprint density at radius 1 is 1.08 bits per heavy atom. The topological polar surface area (TPSA) is 58.2 Å². The van der Waals surface area contributed by atoms with Crippen LogP contribution < -0.4 is 10.6 Å². The van der Waals surface area contributed by atoms with Gasteiger partial charge in [-0.3, -0.25) is 9.59 Å². The maximum absolute atomic E-state index is 13.6. The third-order valence-corrected chi connectivity index (χ3v) is 4.59. The summed E-state index contributed by atoms with van der Waals surface area (Å²) in [5.41, 5.74) is 0.915. The molecular formula is C20H23FN2O2S. The van der Waals surface area contributed by atoms with Gasteiger partial charge in [-0.15, -0.1) is 11.8 Å². The second kappa shape index (κ2) is 9.97. The van der Waals surface area contributed by atoms with Crippen LogP contribution in [-0.2, 0) is 4.79 Å². The lowest BCUT2D eigenvalue weighted by molar-refractivity contribution is -0.115. The van der Waals surface area contributed by atoms with Crippen LogP contribution in [0.4, 0.5) is 10.1 Å². The Labute approximate surface area is 157 Å². The van der Waals surface area contributed by atoms with Gasteiger partial charge in [-0.2, -0.15) is 0 Å². The summed E-state index contributed by atoms with van der Waals surface area (Å²) < 4.78 is 13.6. The van der Waals surface area contributed by atoms with Crippen molar-refractivity contribution in [3.63, 3.8) is 0 Å². The molecule has 2 aromatic carbocycles. The Hall–Kier alpha value is -2.34. The summed E-state index contributed by atoms with van der Waals surface area (Å²) in [5.74, 6) is 0.0866. The molecule has 0 aliphatic heterocycles. The van der Waals surface area contributed by atoms with Crippen LogP contribution in [-0.4, -0.2) is 24.1 Å². The molecule has 0 aromatic heterocycles. The molecule has 2 amide bonds. The van der Waals surface area contributed by atoms with Crippen LogP contribution in [0.3, 0.4) is 0 Å². The zero-order valence-corrected chi connectivity index (χ0v) is 15.7. The number of rotatable bonds is 8. The Morgan fingerprint density at radius 3 is 2.50 bits per heavy atom. The van der Waals surface area contributed by atoms with Gasteiger partial charge in [-0.05, 0) is 30.2 Å². The molecule has 2 rings (SSSR count). The Balaban J connectivity index is 1.90. The first kappa shape index (κ1) is 20.0. The minimum atomic E-state index is -0.287. The van der Waals surface area contributed by atoms with Gasteiger partial charge in [0.05, 0.1) is 11.3 Å². The number of amides is 2. The summed E-state index contributed by atoms with van der Waals surface area (Å²) in [6, 6.07) is 13.4. The highest BCUT2D eigenvalue weighted by atomic mass is 32.2. The maximum atomic E-state index is 13.6. The predicted molar refractivity (Wildman–Crippen MR) is 104 cm³/mol. The van der Waals surface area contributed by atoms with Crippen molar-refractivity contribution >= 4 is 29.3 Å². The Morgan fingerprint density at radius 2 is 1.77 bits per heavy atom. The number of para-hydroxylation sites is 1. The summed E-state index contributed by atoms with van der Waals surface area (Å²) in [6.45, 7) is 4.60. The maximum Gasteiger partial charge on any atom is 0.253 e. The molecule has 0 radical (unpaired) electrons. The summed E-state index contributed by atoms with van der Waals surface area (Å²) in [4.78, 5) is 25.0. The number of carbonyl (C=O) groups is 2. The van der Waals surface area contributed by atoms with Crippen LogP contribution in [0.5, 0.6) is 0 Å². The van der Waals surface area contributed by atoms with E-state index < -0.39 is 0 Å². The van der Waals surface area contributed by atoms with Gasteiger partial charge >= 0.3 is 0 Å². The van der Waals surface area contributed by atoms with E-state index in [4.69, 9.17) is 0 Å². The number of nitrogens with one attached hydrogen (secondary N) is 2. The third-order valence-electron chi connectivity index (χ3n) is 3.54. The van der Waals surface area contributed by atoms with Crippen molar-refractivity contribution in [2.45, 2.75) is 25.2 Å². The normalized spacial score (nSPS) is 10.6. The molecular weight excluding hydrogens is 351 g/mol. The molecule has 2 aromatic rings. The van der Waals surface area contributed by atoms with Crippen LogP contribution in [0.15, 0.2) is 53.4 Å². The average molecular weight is 374 g/mol. The molecule has 0 aliphatic rings. The molecule has 26 heavy (non-hydrogen) atoms. The number of anilines is 1. The Bertz CT molecular complexity index is 765. The van der Waals surface area contributed by atoms with Crippen molar-refractivity contribution in [2.24, 2.45) is 5.92 Å². The van der Waals surface area contributed by atoms with Crippen LogP contribution >= 0.6 is 11.8 Å². The zero-order valence-electron chi connectivity index (χ0n) is 14.9. The van der Waals surface area contributed by atoms with Crippen molar-refractivity contribution < 1.29 is 14.0 Å². The fourth-order valence-corrected chi connectivity index (χ4v) is 3.10. The minimum Gasteiger partial charge on any atom is -0.352 e. The van der Waals surface area contributed by atoms with Gasteiger partial charge in [0, 0.05) is 23.6 Å². The van der Waals surface area contributed by atoms with Crippen LogP contribution in [0.25, 0.3) is 0 Å². The molecule has 0 atom stereocenters. The van der Waals surface area contributed by atoms with Crippen molar-refractivity contribution in [1.29, 1.82) is 0 Å². The molecule has 138 valence electrons. The highest BCUT2D eigenvalue weighted by Crippen LogP contribution is 2.22. The van der Waals surface area contributed by atoms with Crippen molar-refractivity contribution in [2.75, 3.05) is 17.6 Å². The van der Waals surface area contributed by atoms with Crippen molar-refractivity contribution in [3.8, 4) is 0 Å². The summed E-state index contributed by atoms with van der Waals surface area (Å²) in [7, 11) is 0. The second-order valence-corrected chi connectivity index (χ2v) is 7.36. The fraction of sp³-hybridized carbons (Fsp3) is 0.300. The van der Waals surface area contributed by atoms with Gasteiger partial charge < -0.3 is 10.6 Å². The highest BCUT2D eigenvalue weighted by Gasteiger charge is 2.13. The molecule has 0 heterocycles. The first-order valence-corrected chi connectivity index (χ1v) is 9.50. The Kier molecular flexibility index (Phi) is 7.66. The number of benzene rings is 2. The molecule has 0 saturated carbocycles. The lowest BCUT2D eigenvalue weighted by Crippen LogP contribution is -2.28. The van der Waals surface area contributed by atoms with Gasteiger partial charge in [0.15, 0.2) is 0 Å². The number of carbonyl (C=O) groups excluding carboxylic acids is 2. The molecule has 0 aliphatic carbocycles. The zero-order chi connectivity index (χ0) is 18.9. The molecule has 0 fully saturated rings. The van der Waals surface area contributed by atoms with E-state index in [2.05, 4.69) is 10.6 Å². The molecule has 6 heteroatoms. The largest absolute Gasteiger partial charge is 0.352 e. The van der Waals surface area contributed by atoms with E-state index in [-0.39, 0.29) is 24.1 Å². The lowest BCUT2D eigenvalue weighted by atomic mass is 10.1. The highest BCUT2D eigenvalue weighted by molar-refractivity contribution is 7.99. The molecule has 0 spiro atoms. The number of thioether (sulfide) groups is 1. The summed E-state index contributed by atoms with van der Waals surface area (Å²) in [6.07, 6.45) is 0.223. The van der Waals surface area contributed by atoms with E-state index in [1.54, 1.807) is 42.5 Å². The first-order valence-electron chi connectivity index (χ1n) is 8.51. The lowest BCUT2D eigenvalue weighted by Gasteiger charge is -2.12. The number of hydrogen-bond acceptors (Lipinski definition) is 3. The average Bonchev–Trinajstić information content (AvgIpc) is 2.61. The third kappa shape index (κ3) is 6.19. The quantitative estimate of drug-likeness (QED) is 0.676. The van der Waals surface area contributed by atoms with E-state index in [1.165, 1.54) is 17.8 Å². The van der Waals surface area contributed by atoms with Gasteiger partial charge in [0.25, 0.3) is 5.91 Å². The first-order chi connectivity index (χ1) is 12.5. The molecule has 0 unspecified atom stereocenters. The van der Waals surface area contributed by atoms with E-state index in [0.29, 0.717) is 34.4 Å². The molecule has 4 nitrogen and oxygen atoms in total. The second-order valence-electron chi connectivity index (χ2n) is 6.23. The number of hydrogen-bond donors (Lipinski definition) is 2. The van der Waals surface area contributed by atoms with Crippen molar-refractivity contribution in [3.05, 3.63) is 59.9 Å². The van der Waals surface area contributed by atoms with Gasteiger partial charge in [-0.1, -0.05) is 38.1 Å². The molecule has 0 saturated heterocycles. The van der Waals surface area contributed by atoms with Crippen LogP contribution in [0, 0.1) is 11.7 Å². The smallest absolute Gasteiger partial charge is 0.253 e. The van der Waals surface area contributed by atoms with E-state index in [0.717, 1.165) is 0 Å². The van der Waals surface area contributed by atoms with Crippen LogP contribution in [0.2, 0.25) is 0 Å². The monoisotopic (exact) mass is 374 g/mol. The molecule has 0 bridgehead atoms. The summed E-state index contributed by atoms with van der Waals surface area (Å²) in [5, 5.41) is 5.62. The van der Waals surface area contributed by atoms with Gasteiger partial charge in [0.1, 0.15) is 5.82 Å². The van der Waals surface area contributed by atoms with Crippen LogP contribution in [0.1, 0.15) is 30.6 Å². The van der Waals surface area contributed by atoms with E-state index in [9.17, 15) is 14.0 Å². The summed E-state index contributed by atoms with van der Waals surface area (Å²) >= 11 is 1.29. The fourth-order valence-electron chi connectivity index (χ4n) is 2.21. The SMILES string of the molecule is CC(C)CNC(=O)c1ccccc1NC(=O)CCSc1ccccc1F. The van der Waals surface area contributed by atoms with Gasteiger partial charge in [-0.25, -0.2) is 4.39 Å². The molecule has 2 N–H and O–H groups in total. The van der Waals surface area contributed by atoms with E-state index in [1.807, 2.05) is 13.8 Å². The predicted octanol–water partition coefficient (Wildman–Crippen LogP) is 4.33. The standard InChI is InChI=1S/C20H23FN2O2S/c1-14(2)13-22-20(25)15-7-3-5-9-17(15)23-19(24)11-12-26-18-10-6-4-8-16(18)21/h3-10,14H,11-13H2,1-2H3,(H,22,25)(H,23,24). The van der Waals surface area contributed by atoms with E-state index >= 15 is 0 Å².